The fraction of sp³-hybridized carbons (Fsp3) is 0.727. The molecule has 0 aromatic carbocycles. The normalized spacial score (nSPS) is 21.8. The largest absolute Gasteiger partial charge is 0.396 e. The zero-order valence-corrected chi connectivity index (χ0v) is 9.63. The average molecular weight is 227 g/mol. The maximum absolute atomic E-state index is 8.81. The summed E-state index contributed by atoms with van der Waals surface area (Å²) in [6.45, 7) is 2.02. The van der Waals surface area contributed by atoms with E-state index in [9.17, 15) is 0 Å². The van der Waals surface area contributed by atoms with Crippen molar-refractivity contribution in [1.82, 2.24) is 4.98 Å². The molecule has 1 aliphatic heterocycles. The van der Waals surface area contributed by atoms with Gasteiger partial charge in [0.2, 0.25) is 0 Å². The van der Waals surface area contributed by atoms with Crippen LogP contribution in [-0.2, 0) is 17.6 Å². The molecule has 1 aromatic heterocycles. The first-order valence-corrected chi connectivity index (χ1v) is 6.32. The molecule has 1 N–H and O–H groups in total. The number of hydrogen-bond acceptors (Lipinski definition) is 4. The lowest BCUT2D eigenvalue weighted by Crippen LogP contribution is -2.19. The molecule has 0 saturated carbocycles. The average Bonchev–Trinajstić information content (AvgIpc) is 2.68. The van der Waals surface area contributed by atoms with Gasteiger partial charge in [0, 0.05) is 43.7 Å². The van der Waals surface area contributed by atoms with Gasteiger partial charge in [-0.15, -0.1) is 11.3 Å². The third-order valence-electron chi connectivity index (χ3n) is 2.68. The van der Waals surface area contributed by atoms with Gasteiger partial charge >= 0.3 is 0 Å². The number of aliphatic hydroxyl groups is 1. The Labute approximate surface area is 94.1 Å². The maximum atomic E-state index is 8.81. The number of thiazole rings is 1. The second kappa shape index (κ2) is 5.58. The van der Waals surface area contributed by atoms with Crippen molar-refractivity contribution in [3.63, 3.8) is 0 Å². The van der Waals surface area contributed by atoms with Crippen LogP contribution < -0.4 is 0 Å². The molecule has 1 aromatic rings. The van der Waals surface area contributed by atoms with Crippen LogP contribution in [0.5, 0.6) is 0 Å². The molecular weight excluding hydrogens is 210 g/mol. The highest BCUT2D eigenvalue weighted by atomic mass is 32.1. The Morgan fingerprint density at radius 3 is 3.27 bits per heavy atom. The van der Waals surface area contributed by atoms with E-state index in [1.165, 1.54) is 22.7 Å². The van der Waals surface area contributed by atoms with Crippen molar-refractivity contribution in [2.45, 2.75) is 25.7 Å². The van der Waals surface area contributed by atoms with E-state index in [2.05, 4.69) is 4.98 Å². The Morgan fingerprint density at radius 2 is 2.53 bits per heavy atom. The Balaban J connectivity index is 1.86. The van der Waals surface area contributed by atoms with E-state index in [0.29, 0.717) is 5.92 Å². The Hall–Kier alpha value is -0.450. The lowest BCUT2D eigenvalue weighted by Gasteiger charge is -2.20. The summed E-state index contributed by atoms with van der Waals surface area (Å²) in [5.74, 6) is 0.645. The van der Waals surface area contributed by atoms with Crippen molar-refractivity contribution in [1.29, 1.82) is 0 Å². The van der Waals surface area contributed by atoms with Crippen LogP contribution in [0.25, 0.3) is 0 Å². The number of rotatable bonds is 4. The number of nitrogens with zero attached hydrogens (tertiary/aromatic N) is 1. The molecule has 3 nitrogen and oxygen atoms in total. The standard InChI is InChI=1S/C11H17NO2S/c13-4-3-10-7-12-11(15-10)6-9-2-1-5-14-8-9/h7,9,13H,1-6,8H2. The quantitative estimate of drug-likeness (QED) is 0.850. The molecule has 1 atom stereocenters. The second-order valence-electron chi connectivity index (χ2n) is 3.98. The van der Waals surface area contributed by atoms with Crippen molar-refractivity contribution in [2.24, 2.45) is 5.92 Å². The summed E-state index contributed by atoms with van der Waals surface area (Å²) in [5, 5.41) is 10.00. The summed E-state index contributed by atoms with van der Waals surface area (Å²) in [6, 6.07) is 0. The van der Waals surface area contributed by atoms with E-state index in [1.807, 2.05) is 6.20 Å². The first kappa shape index (κ1) is 11.0. The molecule has 0 bridgehead atoms. The second-order valence-corrected chi connectivity index (χ2v) is 5.18. The van der Waals surface area contributed by atoms with Gasteiger partial charge in [0.25, 0.3) is 0 Å². The van der Waals surface area contributed by atoms with E-state index < -0.39 is 0 Å². The minimum absolute atomic E-state index is 0.216. The third-order valence-corrected chi connectivity index (χ3v) is 3.76. The zero-order chi connectivity index (χ0) is 10.5. The molecule has 0 spiro atoms. The van der Waals surface area contributed by atoms with Crippen molar-refractivity contribution in [2.75, 3.05) is 19.8 Å². The Morgan fingerprint density at radius 1 is 1.60 bits per heavy atom. The summed E-state index contributed by atoms with van der Waals surface area (Å²) < 4.78 is 5.45. The zero-order valence-electron chi connectivity index (χ0n) is 8.82. The summed E-state index contributed by atoms with van der Waals surface area (Å²) in [7, 11) is 0. The molecule has 2 heterocycles. The van der Waals surface area contributed by atoms with Gasteiger partial charge in [-0.25, -0.2) is 4.98 Å². The minimum atomic E-state index is 0.216. The minimum Gasteiger partial charge on any atom is -0.396 e. The van der Waals surface area contributed by atoms with Gasteiger partial charge in [-0.2, -0.15) is 0 Å². The van der Waals surface area contributed by atoms with Gasteiger partial charge < -0.3 is 9.84 Å². The molecule has 2 rings (SSSR count). The Kier molecular flexibility index (Phi) is 4.11. The molecule has 0 aliphatic carbocycles. The van der Waals surface area contributed by atoms with Gasteiger partial charge in [0.1, 0.15) is 0 Å². The van der Waals surface area contributed by atoms with Crippen LogP contribution in [0, 0.1) is 5.92 Å². The van der Waals surface area contributed by atoms with Crippen molar-refractivity contribution < 1.29 is 9.84 Å². The van der Waals surface area contributed by atoms with Crippen molar-refractivity contribution in [3.8, 4) is 0 Å². The van der Waals surface area contributed by atoms with Crippen LogP contribution in [-0.4, -0.2) is 29.9 Å². The number of aromatic nitrogens is 1. The first-order valence-electron chi connectivity index (χ1n) is 5.50. The third kappa shape index (κ3) is 3.26. The predicted octanol–water partition coefficient (Wildman–Crippen LogP) is 1.65. The van der Waals surface area contributed by atoms with E-state index in [4.69, 9.17) is 9.84 Å². The van der Waals surface area contributed by atoms with Crippen LogP contribution >= 0.6 is 11.3 Å². The number of aliphatic hydroxyl groups excluding tert-OH is 1. The summed E-state index contributed by atoms with van der Waals surface area (Å²) >= 11 is 1.72. The summed E-state index contributed by atoms with van der Waals surface area (Å²) in [5.41, 5.74) is 0. The van der Waals surface area contributed by atoms with Gasteiger partial charge in [0.15, 0.2) is 0 Å². The highest BCUT2D eigenvalue weighted by Gasteiger charge is 2.16. The molecule has 1 saturated heterocycles. The fourth-order valence-corrected chi connectivity index (χ4v) is 2.91. The maximum Gasteiger partial charge on any atom is 0.0931 e. The van der Waals surface area contributed by atoms with E-state index in [1.54, 1.807) is 11.3 Å². The van der Waals surface area contributed by atoms with Crippen molar-refractivity contribution >= 4 is 11.3 Å². The molecule has 1 unspecified atom stereocenters. The van der Waals surface area contributed by atoms with Gasteiger partial charge in [-0.05, 0) is 18.8 Å². The smallest absolute Gasteiger partial charge is 0.0931 e. The van der Waals surface area contributed by atoms with E-state index in [0.717, 1.165) is 26.1 Å². The van der Waals surface area contributed by atoms with Gasteiger partial charge in [0.05, 0.1) is 5.01 Å². The van der Waals surface area contributed by atoms with Crippen LogP contribution in [0.2, 0.25) is 0 Å². The molecule has 1 fully saturated rings. The highest BCUT2D eigenvalue weighted by molar-refractivity contribution is 7.11. The van der Waals surface area contributed by atoms with Crippen LogP contribution in [0.1, 0.15) is 22.7 Å². The lowest BCUT2D eigenvalue weighted by atomic mass is 9.99. The van der Waals surface area contributed by atoms with E-state index >= 15 is 0 Å². The van der Waals surface area contributed by atoms with Gasteiger partial charge in [-0.1, -0.05) is 0 Å². The van der Waals surface area contributed by atoms with E-state index in [-0.39, 0.29) is 6.61 Å². The number of ether oxygens (including phenoxy) is 1. The van der Waals surface area contributed by atoms with Crippen LogP contribution in [0.4, 0.5) is 0 Å². The van der Waals surface area contributed by atoms with Gasteiger partial charge in [-0.3, -0.25) is 0 Å². The lowest BCUT2D eigenvalue weighted by molar-refractivity contribution is 0.0550. The Bertz CT molecular complexity index is 295. The molecule has 15 heavy (non-hydrogen) atoms. The molecule has 4 heteroatoms. The number of hydrogen-bond donors (Lipinski definition) is 1. The SMILES string of the molecule is OCCc1cnc(CC2CCCOC2)s1. The molecule has 84 valence electrons. The molecular formula is C11H17NO2S. The fourth-order valence-electron chi connectivity index (χ4n) is 1.88. The van der Waals surface area contributed by atoms with Crippen LogP contribution in [0.3, 0.4) is 0 Å². The van der Waals surface area contributed by atoms with Crippen molar-refractivity contribution in [3.05, 3.63) is 16.1 Å². The summed E-state index contributed by atoms with van der Waals surface area (Å²) in [6.07, 6.45) is 6.10. The first-order chi connectivity index (χ1) is 7.38. The molecule has 0 radical (unpaired) electrons. The topological polar surface area (TPSA) is 42.4 Å². The molecule has 1 aliphatic rings. The highest BCUT2D eigenvalue weighted by Crippen LogP contribution is 2.22. The summed E-state index contributed by atoms with van der Waals surface area (Å²) in [4.78, 5) is 5.57. The predicted molar refractivity (Wildman–Crippen MR) is 60.2 cm³/mol. The molecule has 0 amide bonds. The monoisotopic (exact) mass is 227 g/mol. The van der Waals surface area contributed by atoms with Crippen LogP contribution in [0.15, 0.2) is 6.20 Å².